The molecule has 0 fully saturated rings. The van der Waals surface area contributed by atoms with Crippen LogP contribution in [-0.2, 0) is 4.79 Å². The third kappa shape index (κ3) is 5.40. The van der Waals surface area contributed by atoms with Crippen LogP contribution in [0.5, 0.6) is 0 Å². The Hall–Kier alpha value is 0.950. The van der Waals surface area contributed by atoms with Gasteiger partial charge >= 0.3 is 29.6 Å². The zero-order valence-electron chi connectivity index (χ0n) is 5.85. The molecule has 0 amide bonds. The maximum Gasteiger partial charge on any atom is 1.00 e. The van der Waals surface area contributed by atoms with E-state index in [-0.39, 0.29) is 35.5 Å². The van der Waals surface area contributed by atoms with Crippen LogP contribution in [0.15, 0.2) is 0 Å². The van der Waals surface area contributed by atoms with Crippen molar-refractivity contribution < 1.29 is 39.5 Å². The van der Waals surface area contributed by atoms with Gasteiger partial charge in [-0.2, -0.15) is 0 Å². The Balaban J connectivity index is 0. The molecule has 0 aliphatic heterocycles. The molecule has 0 aromatic heterocycles. The van der Waals surface area contributed by atoms with Crippen LogP contribution in [0.1, 0.15) is 13.8 Å². The summed E-state index contributed by atoms with van der Waals surface area (Å²) in [6.07, 6.45) is 0. The van der Waals surface area contributed by atoms with Crippen molar-refractivity contribution in [3.63, 3.8) is 0 Å². The van der Waals surface area contributed by atoms with Crippen molar-refractivity contribution in [1.29, 1.82) is 0 Å². The number of carboxylic acid groups (broad SMARTS) is 1. The third-order valence-corrected chi connectivity index (χ3v) is 2.24. The normalized spacial score (nSPS) is 12.4. The largest absolute Gasteiger partial charge is 1.00 e. The summed E-state index contributed by atoms with van der Waals surface area (Å²) in [5.74, 6) is -0.944. The number of halogens is 1. The first-order chi connectivity index (χ1) is 3.55. The van der Waals surface area contributed by atoms with Crippen molar-refractivity contribution >= 4 is 21.9 Å². The first-order valence-electron chi connectivity index (χ1n) is 2.40. The Labute approximate surface area is 85.4 Å². The Morgan fingerprint density at radius 3 is 1.89 bits per heavy atom. The van der Waals surface area contributed by atoms with Crippen LogP contribution in [-0.4, -0.2) is 10.8 Å². The number of hydrogen-bond donors (Lipinski definition) is 0. The average molecular weight is 203 g/mol. The molecule has 9 heavy (non-hydrogen) atoms. The van der Waals surface area contributed by atoms with Crippen LogP contribution in [0, 0.1) is 5.92 Å². The second-order valence-corrected chi connectivity index (χ2v) is 2.95. The van der Waals surface area contributed by atoms with Crippen LogP contribution in [0.2, 0.25) is 0 Å². The van der Waals surface area contributed by atoms with Gasteiger partial charge in [-0.3, -0.25) is 0 Å². The van der Waals surface area contributed by atoms with E-state index in [1.807, 2.05) is 13.8 Å². The molecular weight excluding hydrogens is 195 g/mol. The first-order valence-corrected chi connectivity index (χ1v) is 3.32. The molecule has 0 heterocycles. The standard InChI is InChI=1S/C5H9BrO2.Na/c1-3(2)4(6)5(7)8;/h3-4H,1-2H3,(H,7,8);/q;+1/p-1/t4-;/m1./s1. The van der Waals surface area contributed by atoms with E-state index in [0.717, 1.165) is 0 Å². The fourth-order valence-corrected chi connectivity index (χ4v) is 0.272. The molecule has 0 aromatic rings. The van der Waals surface area contributed by atoms with Gasteiger partial charge in [0.2, 0.25) is 0 Å². The Kier molecular flexibility index (Phi) is 8.01. The number of aliphatic carboxylic acids is 1. The fourth-order valence-electron chi connectivity index (χ4n) is 0.272. The van der Waals surface area contributed by atoms with Gasteiger partial charge in [-0.25, -0.2) is 0 Å². The minimum absolute atomic E-state index is 0. The predicted molar refractivity (Wildman–Crippen MR) is 32.6 cm³/mol. The van der Waals surface area contributed by atoms with E-state index < -0.39 is 10.8 Å². The second-order valence-electron chi connectivity index (χ2n) is 1.96. The zero-order chi connectivity index (χ0) is 6.73. The molecular formula is C5H8BrNaO2. The molecule has 0 rings (SSSR count). The Morgan fingerprint density at radius 2 is 1.89 bits per heavy atom. The number of alkyl halides is 1. The molecule has 0 radical (unpaired) electrons. The van der Waals surface area contributed by atoms with Crippen LogP contribution in [0.25, 0.3) is 0 Å². The molecule has 0 aromatic carbocycles. The topological polar surface area (TPSA) is 40.1 Å². The van der Waals surface area contributed by atoms with E-state index in [0.29, 0.717) is 0 Å². The first kappa shape index (κ1) is 12.6. The molecule has 0 aliphatic carbocycles. The van der Waals surface area contributed by atoms with Gasteiger partial charge in [0.1, 0.15) is 0 Å². The van der Waals surface area contributed by atoms with Gasteiger partial charge in [0.15, 0.2) is 0 Å². The van der Waals surface area contributed by atoms with Crippen LogP contribution < -0.4 is 34.7 Å². The number of carbonyl (C=O) groups is 1. The van der Waals surface area contributed by atoms with Gasteiger partial charge in [0.25, 0.3) is 0 Å². The summed E-state index contributed by atoms with van der Waals surface area (Å²) in [6.45, 7) is 3.63. The summed E-state index contributed by atoms with van der Waals surface area (Å²) < 4.78 is 0. The van der Waals surface area contributed by atoms with Crippen LogP contribution in [0.4, 0.5) is 0 Å². The molecule has 48 valence electrons. The van der Waals surface area contributed by atoms with Crippen LogP contribution in [0.3, 0.4) is 0 Å². The quantitative estimate of drug-likeness (QED) is 0.358. The second kappa shape index (κ2) is 5.71. The Bertz CT molecular complexity index is 95.0. The van der Waals surface area contributed by atoms with E-state index in [9.17, 15) is 9.90 Å². The third-order valence-electron chi connectivity index (χ3n) is 0.810. The van der Waals surface area contributed by atoms with Crippen molar-refractivity contribution in [3.05, 3.63) is 0 Å². The van der Waals surface area contributed by atoms with Crippen molar-refractivity contribution in [3.8, 4) is 0 Å². The molecule has 0 unspecified atom stereocenters. The number of carbonyl (C=O) groups excluding carboxylic acids is 1. The van der Waals surface area contributed by atoms with Gasteiger partial charge in [0, 0.05) is 0 Å². The van der Waals surface area contributed by atoms with Crippen molar-refractivity contribution in [2.45, 2.75) is 18.7 Å². The predicted octanol–water partition coefficient (Wildman–Crippen LogP) is -2.84. The smallest absolute Gasteiger partial charge is 0.549 e. The molecule has 0 spiro atoms. The van der Waals surface area contributed by atoms with Gasteiger partial charge in [-0.15, -0.1) is 0 Å². The summed E-state index contributed by atoms with van der Waals surface area (Å²) in [7, 11) is 0. The summed E-state index contributed by atoms with van der Waals surface area (Å²) in [4.78, 5) is 9.47. The minimum atomic E-state index is -1.04. The Morgan fingerprint density at radius 1 is 1.56 bits per heavy atom. The van der Waals surface area contributed by atoms with Crippen molar-refractivity contribution in [1.82, 2.24) is 0 Å². The van der Waals surface area contributed by atoms with Gasteiger partial charge in [-0.05, 0) is 5.92 Å². The summed E-state index contributed by atoms with van der Waals surface area (Å²) >= 11 is 2.94. The molecule has 0 aliphatic rings. The molecule has 0 bridgehead atoms. The van der Waals surface area contributed by atoms with Crippen molar-refractivity contribution in [2.24, 2.45) is 5.92 Å². The molecule has 0 N–H and O–H groups in total. The van der Waals surface area contributed by atoms with Crippen molar-refractivity contribution in [2.75, 3.05) is 0 Å². The van der Waals surface area contributed by atoms with E-state index in [1.165, 1.54) is 0 Å². The van der Waals surface area contributed by atoms with E-state index >= 15 is 0 Å². The average Bonchev–Trinajstić information content (AvgIpc) is 1.64. The summed E-state index contributed by atoms with van der Waals surface area (Å²) in [6, 6.07) is 0. The number of carboxylic acids is 1. The summed E-state index contributed by atoms with van der Waals surface area (Å²) in [5, 5.41) is 9.98. The molecule has 1 atom stereocenters. The molecule has 2 nitrogen and oxygen atoms in total. The SMILES string of the molecule is CC(C)[C@@H](Br)C(=O)[O-].[Na+]. The van der Waals surface area contributed by atoms with E-state index in [2.05, 4.69) is 15.9 Å². The molecule has 4 heteroatoms. The fraction of sp³-hybridized carbons (Fsp3) is 0.800. The minimum Gasteiger partial charge on any atom is -0.549 e. The molecule has 0 saturated carbocycles. The van der Waals surface area contributed by atoms with E-state index in [4.69, 9.17) is 0 Å². The monoisotopic (exact) mass is 202 g/mol. The molecule has 0 saturated heterocycles. The maximum atomic E-state index is 9.98. The van der Waals surface area contributed by atoms with Crippen LogP contribution >= 0.6 is 15.9 Å². The van der Waals surface area contributed by atoms with E-state index in [1.54, 1.807) is 0 Å². The van der Waals surface area contributed by atoms with Gasteiger partial charge in [-0.1, -0.05) is 29.8 Å². The zero-order valence-corrected chi connectivity index (χ0v) is 9.44. The summed E-state index contributed by atoms with van der Waals surface area (Å²) in [5.41, 5.74) is 0. The van der Waals surface area contributed by atoms with Gasteiger partial charge < -0.3 is 9.90 Å². The number of rotatable bonds is 2. The number of hydrogen-bond acceptors (Lipinski definition) is 2. The van der Waals surface area contributed by atoms with Gasteiger partial charge in [0.05, 0.1) is 10.8 Å². The maximum absolute atomic E-state index is 9.98.